The van der Waals surface area contributed by atoms with E-state index in [0.29, 0.717) is 6.54 Å². The van der Waals surface area contributed by atoms with Crippen LogP contribution in [-0.4, -0.2) is 10.2 Å². The predicted molar refractivity (Wildman–Crippen MR) is 68.8 cm³/mol. The molecule has 0 atom stereocenters. The number of hydrogen-bond donors (Lipinski definition) is 1. The van der Waals surface area contributed by atoms with Crippen LogP contribution < -0.4 is 5.32 Å². The molecule has 88 valence electrons. The molecule has 1 heterocycles. The second-order valence-electron chi connectivity index (χ2n) is 3.91. The first-order valence-electron chi connectivity index (χ1n) is 5.48. The van der Waals surface area contributed by atoms with E-state index in [9.17, 15) is 0 Å². The Morgan fingerprint density at radius 2 is 2.12 bits per heavy atom. The van der Waals surface area contributed by atoms with Crippen molar-refractivity contribution in [3.05, 3.63) is 58.4 Å². The highest BCUT2D eigenvalue weighted by Gasteiger charge is 2.00. The van der Waals surface area contributed by atoms with Crippen molar-refractivity contribution in [3.8, 4) is 0 Å². The molecule has 1 N–H and O–H groups in total. The monoisotopic (exact) mass is 247 g/mol. The molecule has 0 saturated carbocycles. The van der Waals surface area contributed by atoms with Crippen LogP contribution >= 0.6 is 11.6 Å². The quantitative estimate of drug-likeness (QED) is 0.903. The number of aromatic nitrogens is 2. The van der Waals surface area contributed by atoms with E-state index < -0.39 is 0 Å². The van der Waals surface area contributed by atoms with Crippen molar-refractivity contribution in [2.75, 3.05) is 0 Å². The van der Waals surface area contributed by atoms with Gasteiger partial charge in [0.25, 0.3) is 0 Å². The second kappa shape index (κ2) is 5.75. The molecule has 2 rings (SSSR count). The van der Waals surface area contributed by atoms with E-state index in [4.69, 9.17) is 11.6 Å². The Morgan fingerprint density at radius 1 is 1.24 bits per heavy atom. The SMILES string of the molecule is Cc1ccc(CNCc2cccnn2)c(Cl)c1. The summed E-state index contributed by atoms with van der Waals surface area (Å²) in [6.45, 7) is 3.45. The zero-order valence-electron chi connectivity index (χ0n) is 9.65. The van der Waals surface area contributed by atoms with Crippen molar-refractivity contribution in [1.29, 1.82) is 0 Å². The van der Waals surface area contributed by atoms with Crippen LogP contribution in [0.3, 0.4) is 0 Å². The largest absolute Gasteiger partial charge is 0.307 e. The molecule has 0 spiro atoms. The Kier molecular flexibility index (Phi) is 4.07. The number of rotatable bonds is 4. The Hall–Kier alpha value is -1.45. The van der Waals surface area contributed by atoms with Crippen LogP contribution in [0.15, 0.2) is 36.5 Å². The van der Waals surface area contributed by atoms with Gasteiger partial charge >= 0.3 is 0 Å². The van der Waals surface area contributed by atoms with Crippen LogP contribution in [-0.2, 0) is 13.1 Å². The molecule has 4 heteroatoms. The number of hydrogen-bond acceptors (Lipinski definition) is 3. The van der Waals surface area contributed by atoms with Gasteiger partial charge in [-0.05, 0) is 36.2 Å². The lowest BCUT2D eigenvalue weighted by molar-refractivity contribution is 0.670. The van der Waals surface area contributed by atoms with E-state index in [1.54, 1.807) is 6.20 Å². The average Bonchev–Trinajstić information content (AvgIpc) is 2.33. The van der Waals surface area contributed by atoms with Gasteiger partial charge in [-0.3, -0.25) is 0 Å². The van der Waals surface area contributed by atoms with Gasteiger partial charge in [-0.1, -0.05) is 23.7 Å². The molecule has 0 amide bonds. The van der Waals surface area contributed by atoms with Crippen LogP contribution in [0.25, 0.3) is 0 Å². The summed E-state index contributed by atoms with van der Waals surface area (Å²) in [5, 5.41) is 11.9. The normalized spacial score (nSPS) is 10.5. The van der Waals surface area contributed by atoms with Crippen molar-refractivity contribution in [3.63, 3.8) is 0 Å². The van der Waals surface area contributed by atoms with E-state index in [1.807, 2.05) is 31.2 Å². The van der Waals surface area contributed by atoms with Gasteiger partial charge in [-0.25, -0.2) is 0 Å². The van der Waals surface area contributed by atoms with Gasteiger partial charge in [0.15, 0.2) is 0 Å². The molecule has 0 fully saturated rings. The van der Waals surface area contributed by atoms with Crippen molar-refractivity contribution < 1.29 is 0 Å². The first kappa shape index (κ1) is 12.0. The number of aryl methyl sites for hydroxylation is 1. The van der Waals surface area contributed by atoms with Crippen LogP contribution in [0.4, 0.5) is 0 Å². The third kappa shape index (κ3) is 3.51. The fourth-order valence-corrected chi connectivity index (χ4v) is 1.85. The third-order valence-electron chi connectivity index (χ3n) is 2.46. The van der Waals surface area contributed by atoms with Gasteiger partial charge in [0, 0.05) is 24.3 Å². The molecule has 3 nitrogen and oxygen atoms in total. The van der Waals surface area contributed by atoms with Crippen molar-refractivity contribution in [2.45, 2.75) is 20.0 Å². The highest BCUT2D eigenvalue weighted by Crippen LogP contribution is 2.17. The molecule has 17 heavy (non-hydrogen) atoms. The summed E-state index contributed by atoms with van der Waals surface area (Å²) >= 11 is 6.14. The lowest BCUT2D eigenvalue weighted by atomic mass is 10.1. The zero-order chi connectivity index (χ0) is 12.1. The zero-order valence-corrected chi connectivity index (χ0v) is 10.4. The Morgan fingerprint density at radius 3 is 2.82 bits per heavy atom. The number of nitrogens with zero attached hydrogens (tertiary/aromatic N) is 2. The summed E-state index contributed by atoms with van der Waals surface area (Å²) in [6.07, 6.45) is 1.67. The molecule has 0 radical (unpaired) electrons. The fourth-order valence-electron chi connectivity index (χ4n) is 1.55. The van der Waals surface area contributed by atoms with E-state index in [-0.39, 0.29) is 0 Å². The summed E-state index contributed by atoms with van der Waals surface area (Å²) in [6, 6.07) is 9.90. The minimum absolute atomic E-state index is 0.693. The van der Waals surface area contributed by atoms with Gasteiger partial charge in [-0.2, -0.15) is 10.2 Å². The molecule has 0 aliphatic carbocycles. The standard InChI is InChI=1S/C13H14ClN3/c1-10-4-5-11(13(14)7-10)8-15-9-12-3-2-6-16-17-12/h2-7,15H,8-9H2,1H3. The van der Waals surface area contributed by atoms with Crippen LogP contribution in [0, 0.1) is 6.92 Å². The first-order valence-corrected chi connectivity index (χ1v) is 5.86. The van der Waals surface area contributed by atoms with E-state index in [0.717, 1.165) is 22.8 Å². The lowest BCUT2D eigenvalue weighted by Gasteiger charge is -2.06. The minimum atomic E-state index is 0.693. The molecule has 0 saturated heterocycles. The molecule has 0 aliphatic heterocycles. The molecule has 1 aromatic heterocycles. The smallest absolute Gasteiger partial charge is 0.0769 e. The van der Waals surface area contributed by atoms with E-state index in [1.165, 1.54) is 5.56 Å². The Labute approximate surface area is 106 Å². The molecule has 1 aromatic carbocycles. The highest BCUT2D eigenvalue weighted by atomic mass is 35.5. The average molecular weight is 248 g/mol. The number of nitrogens with one attached hydrogen (secondary N) is 1. The van der Waals surface area contributed by atoms with Crippen LogP contribution in [0.5, 0.6) is 0 Å². The summed E-state index contributed by atoms with van der Waals surface area (Å²) < 4.78 is 0. The molecular formula is C13H14ClN3. The van der Waals surface area contributed by atoms with Crippen molar-refractivity contribution in [1.82, 2.24) is 15.5 Å². The van der Waals surface area contributed by atoms with Gasteiger partial charge in [0.05, 0.1) is 5.69 Å². The minimum Gasteiger partial charge on any atom is -0.307 e. The van der Waals surface area contributed by atoms with Gasteiger partial charge in [0.2, 0.25) is 0 Å². The summed E-state index contributed by atoms with van der Waals surface area (Å²) in [7, 11) is 0. The maximum absolute atomic E-state index is 6.14. The van der Waals surface area contributed by atoms with E-state index in [2.05, 4.69) is 21.6 Å². The maximum atomic E-state index is 6.14. The van der Waals surface area contributed by atoms with Gasteiger partial charge < -0.3 is 5.32 Å². The van der Waals surface area contributed by atoms with E-state index >= 15 is 0 Å². The second-order valence-corrected chi connectivity index (χ2v) is 4.32. The summed E-state index contributed by atoms with van der Waals surface area (Å²) in [5.74, 6) is 0. The molecular weight excluding hydrogens is 234 g/mol. The molecule has 0 unspecified atom stereocenters. The molecule has 0 bridgehead atoms. The number of benzene rings is 1. The Balaban J connectivity index is 1.90. The fraction of sp³-hybridized carbons (Fsp3) is 0.231. The number of halogens is 1. The summed E-state index contributed by atoms with van der Waals surface area (Å²) in [4.78, 5) is 0. The van der Waals surface area contributed by atoms with Crippen molar-refractivity contribution in [2.24, 2.45) is 0 Å². The Bertz CT molecular complexity index is 485. The summed E-state index contributed by atoms with van der Waals surface area (Å²) in [5.41, 5.74) is 3.20. The van der Waals surface area contributed by atoms with Gasteiger partial charge in [-0.15, -0.1) is 0 Å². The topological polar surface area (TPSA) is 37.8 Å². The maximum Gasteiger partial charge on any atom is 0.0769 e. The first-order chi connectivity index (χ1) is 8.25. The predicted octanol–water partition coefficient (Wildman–Crippen LogP) is 2.73. The van der Waals surface area contributed by atoms with Crippen LogP contribution in [0.2, 0.25) is 5.02 Å². The third-order valence-corrected chi connectivity index (χ3v) is 2.81. The molecule has 0 aliphatic rings. The lowest BCUT2D eigenvalue weighted by Crippen LogP contribution is -2.14. The van der Waals surface area contributed by atoms with Crippen LogP contribution in [0.1, 0.15) is 16.8 Å². The van der Waals surface area contributed by atoms with Gasteiger partial charge in [0.1, 0.15) is 0 Å². The molecule has 2 aromatic rings. The highest BCUT2D eigenvalue weighted by molar-refractivity contribution is 6.31. The van der Waals surface area contributed by atoms with Crippen molar-refractivity contribution >= 4 is 11.6 Å².